The second-order valence-corrected chi connectivity index (χ2v) is 8.63. The predicted octanol–water partition coefficient (Wildman–Crippen LogP) is 5.59. The molecule has 4 rings (SSSR count). The van der Waals surface area contributed by atoms with E-state index < -0.39 is 0 Å². The number of thioether (sulfide) groups is 1. The highest BCUT2D eigenvalue weighted by Crippen LogP contribution is 2.37. The summed E-state index contributed by atoms with van der Waals surface area (Å²) in [5, 5.41) is 0.790. The minimum absolute atomic E-state index is 0.109. The van der Waals surface area contributed by atoms with Crippen LogP contribution in [0.15, 0.2) is 68.1 Å². The third-order valence-corrected chi connectivity index (χ3v) is 6.74. The van der Waals surface area contributed by atoms with Crippen molar-refractivity contribution >= 4 is 54.7 Å². The first-order valence-electron chi connectivity index (χ1n) is 7.49. The van der Waals surface area contributed by atoms with Gasteiger partial charge in [0.15, 0.2) is 5.43 Å². The highest BCUT2D eigenvalue weighted by molar-refractivity contribution is 9.10. The average molecular weight is 417 g/mol. The summed E-state index contributed by atoms with van der Waals surface area (Å²) < 4.78 is 9.05. The van der Waals surface area contributed by atoms with E-state index in [1.807, 2.05) is 48.5 Å². The lowest BCUT2D eigenvalue weighted by Crippen LogP contribution is -2.15. The third-order valence-electron chi connectivity index (χ3n) is 3.84. The zero-order valence-corrected chi connectivity index (χ0v) is 15.8. The van der Waals surface area contributed by atoms with Crippen molar-refractivity contribution in [2.45, 2.75) is 4.21 Å². The molecule has 0 N–H and O–H groups in total. The first-order valence-corrected chi connectivity index (χ1v) is 10.1. The van der Waals surface area contributed by atoms with Crippen molar-refractivity contribution in [1.82, 2.24) is 0 Å². The minimum Gasteiger partial charge on any atom is -0.489 e. The first-order chi connectivity index (χ1) is 11.7. The van der Waals surface area contributed by atoms with Crippen molar-refractivity contribution < 1.29 is 4.74 Å². The van der Waals surface area contributed by atoms with Gasteiger partial charge in [0.1, 0.15) is 12.4 Å². The Morgan fingerprint density at radius 3 is 2.71 bits per heavy atom. The molecule has 0 radical (unpaired) electrons. The normalized spacial score (nSPS) is 13.5. The summed E-state index contributed by atoms with van der Waals surface area (Å²) in [4.78, 5) is 12.9. The van der Waals surface area contributed by atoms with Crippen LogP contribution < -0.4 is 10.2 Å². The molecule has 5 heteroatoms. The zero-order chi connectivity index (χ0) is 16.5. The van der Waals surface area contributed by atoms with E-state index >= 15 is 0 Å². The molecule has 0 aliphatic carbocycles. The molecular formula is C19H13BrO2S2. The van der Waals surface area contributed by atoms with Gasteiger partial charge in [0.05, 0.1) is 9.77 Å². The Bertz CT molecular complexity index is 990. The van der Waals surface area contributed by atoms with Crippen LogP contribution in [0.3, 0.4) is 0 Å². The number of hydrogen-bond acceptors (Lipinski definition) is 4. The van der Waals surface area contributed by atoms with Crippen molar-refractivity contribution in [3.63, 3.8) is 0 Å². The van der Waals surface area contributed by atoms with Crippen LogP contribution in [0.25, 0.3) is 15.7 Å². The molecule has 1 aromatic heterocycles. The van der Waals surface area contributed by atoms with Gasteiger partial charge in [0.25, 0.3) is 0 Å². The maximum Gasteiger partial charge on any atom is 0.196 e. The van der Waals surface area contributed by atoms with Crippen molar-refractivity contribution in [3.8, 4) is 5.75 Å². The third kappa shape index (κ3) is 3.04. The van der Waals surface area contributed by atoms with Crippen LogP contribution >= 0.6 is 39.0 Å². The number of hydrogen-bond donors (Lipinski definition) is 0. The number of ether oxygens (including phenoxy) is 1. The van der Waals surface area contributed by atoms with Gasteiger partial charge in [0.2, 0.25) is 0 Å². The van der Waals surface area contributed by atoms with Gasteiger partial charge in [-0.05, 0) is 42.0 Å². The smallest absolute Gasteiger partial charge is 0.196 e. The number of halogens is 1. The number of rotatable bonds is 3. The summed E-state index contributed by atoms with van der Waals surface area (Å²) in [6, 6.07) is 15.5. The highest BCUT2D eigenvalue weighted by Gasteiger charge is 2.20. The molecule has 120 valence electrons. The van der Waals surface area contributed by atoms with Crippen LogP contribution in [-0.2, 0) is 0 Å². The standard InChI is InChI=1S/C19H13BrO2S2/c20-13-5-7-14(8-6-13)22-11-12-9-10-23-19-17(12)18(21)15-3-1-2-4-16(15)24-19/h1-9H,10-11H2. The van der Waals surface area contributed by atoms with E-state index in [2.05, 4.69) is 22.0 Å². The van der Waals surface area contributed by atoms with E-state index in [1.54, 1.807) is 23.1 Å². The van der Waals surface area contributed by atoms with Gasteiger partial charge in [-0.15, -0.1) is 23.1 Å². The molecule has 0 spiro atoms. The summed E-state index contributed by atoms with van der Waals surface area (Å²) >= 11 is 6.83. The molecule has 0 fully saturated rings. The average Bonchev–Trinajstić information content (AvgIpc) is 2.61. The summed E-state index contributed by atoms with van der Waals surface area (Å²) in [7, 11) is 0. The number of benzene rings is 2. The van der Waals surface area contributed by atoms with Gasteiger partial charge in [-0.2, -0.15) is 0 Å². The van der Waals surface area contributed by atoms with Crippen LogP contribution in [0.1, 0.15) is 5.56 Å². The monoisotopic (exact) mass is 416 g/mol. The Hall–Kier alpha value is -1.56. The van der Waals surface area contributed by atoms with E-state index in [1.165, 1.54) is 0 Å². The largest absolute Gasteiger partial charge is 0.489 e. The molecule has 1 aliphatic rings. The maximum absolute atomic E-state index is 12.9. The lowest BCUT2D eigenvalue weighted by atomic mass is 10.1. The second kappa shape index (κ2) is 6.75. The Morgan fingerprint density at radius 2 is 1.88 bits per heavy atom. The summed E-state index contributed by atoms with van der Waals surface area (Å²) in [6.07, 6.45) is 2.11. The Kier molecular flexibility index (Phi) is 4.48. The Balaban J connectivity index is 1.69. The SMILES string of the molecule is O=c1c2c(sc3ccccc13)SCC=C2COc1ccc(Br)cc1. The lowest BCUT2D eigenvalue weighted by molar-refractivity contribution is 0.369. The van der Waals surface area contributed by atoms with E-state index in [0.29, 0.717) is 6.61 Å². The van der Waals surface area contributed by atoms with Gasteiger partial charge < -0.3 is 4.74 Å². The molecule has 0 atom stereocenters. The van der Waals surface area contributed by atoms with Crippen LogP contribution in [0.5, 0.6) is 5.75 Å². The summed E-state index contributed by atoms with van der Waals surface area (Å²) in [6.45, 7) is 0.412. The van der Waals surface area contributed by atoms with E-state index in [4.69, 9.17) is 4.74 Å². The zero-order valence-electron chi connectivity index (χ0n) is 12.6. The van der Waals surface area contributed by atoms with Gasteiger partial charge in [-0.3, -0.25) is 4.79 Å². The van der Waals surface area contributed by atoms with E-state index in [-0.39, 0.29) is 5.43 Å². The van der Waals surface area contributed by atoms with Gasteiger partial charge in [-0.25, -0.2) is 0 Å². The maximum atomic E-state index is 12.9. The summed E-state index contributed by atoms with van der Waals surface area (Å²) in [5.74, 6) is 1.68. The molecule has 3 aromatic rings. The molecule has 2 aromatic carbocycles. The van der Waals surface area contributed by atoms with E-state index in [0.717, 1.165) is 41.4 Å². The molecule has 0 saturated carbocycles. The quantitative estimate of drug-likeness (QED) is 0.556. The molecule has 2 heterocycles. The Labute approximate surface area is 156 Å². The van der Waals surface area contributed by atoms with Gasteiger partial charge in [-0.1, -0.05) is 34.1 Å². The Morgan fingerprint density at radius 1 is 1.08 bits per heavy atom. The van der Waals surface area contributed by atoms with Crippen LogP contribution in [0.2, 0.25) is 0 Å². The first kappa shape index (κ1) is 15.9. The molecule has 0 saturated heterocycles. The second-order valence-electron chi connectivity index (χ2n) is 5.37. The fourth-order valence-electron chi connectivity index (χ4n) is 2.64. The molecule has 0 bridgehead atoms. The van der Waals surface area contributed by atoms with Crippen LogP contribution in [0.4, 0.5) is 0 Å². The molecular weight excluding hydrogens is 404 g/mol. The molecule has 24 heavy (non-hydrogen) atoms. The molecule has 2 nitrogen and oxygen atoms in total. The lowest BCUT2D eigenvalue weighted by Gasteiger charge is -2.17. The highest BCUT2D eigenvalue weighted by atomic mass is 79.9. The minimum atomic E-state index is 0.109. The van der Waals surface area contributed by atoms with Crippen molar-refractivity contribution in [1.29, 1.82) is 0 Å². The van der Waals surface area contributed by atoms with Crippen molar-refractivity contribution in [3.05, 3.63) is 74.9 Å². The topological polar surface area (TPSA) is 26.3 Å². The van der Waals surface area contributed by atoms with Crippen LogP contribution in [-0.4, -0.2) is 12.4 Å². The predicted molar refractivity (Wildman–Crippen MR) is 106 cm³/mol. The fourth-order valence-corrected chi connectivity index (χ4v) is 5.36. The van der Waals surface area contributed by atoms with Gasteiger partial charge >= 0.3 is 0 Å². The van der Waals surface area contributed by atoms with E-state index in [9.17, 15) is 4.79 Å². The molecule has 1 aliphatic heterocycles. The number of fused-ring (bicyclic) bond motifs is 2. The fraction of sp³-hybridized carbons (Fsp3) is 0.105. The molecule has 0 amide bonds. The summed E-state index contributed by atoms with van der Waals surface area (Å²) in [5.41, 5.74) is 1.91. The van der Waals surface area contributed by atoms with Crippen LogP contribution in [0, 0.1) is 0 Å². The van der Waals surface area contributed by atoms with Gasteiger partial charge in [0, 0.05) is 20.3 Å². The van der Waals surface area contributed by atoms with Crippen molar-refractivity contribution in [2.24, 2.45) is 0 Å². The molecule has 0 unspecified atom stereocenters. The van der Waals surface area contributed by atoms with Crippen molar-refractivity contribution in [2.75, 3.05) is 12.4 Å².